The van der Waals surface area contributed by atoms with Crippen LogP contribution in [0.3, 0.4) is 0 Å². The summed E-state index contributed by atoms with van der Waals surface area (Å²) < 4.78 is 0. The number of Topliss-reactive ketones (excluding diaryl/α,β-unsaturated/α-hetero) is 4. The molecule has 0 N–H and O–H groups in total. The minimum atomic E-state index is -0.441. The Bertz CT molecular complexity index is 1770. The molecule has 2 heterocycles. The van der Waals surface area contributed by atoms with Crippen LogP contribution in [-0.4, -0.2) is 23.1 Å². The van der Waals surface area contributed by atoms with Crippen molar-refractivity contribution in [1.82, 2.24) is 0 Å². The largest absolute Gasteiger partial charge is 0.285 e. The molecule has 0 unspecified atom stereocenters. The van der Waals surface area contributed by atoms with Gasteiger partial charge in [0.15, 0.2) is 0 Å². The van der Waals surface area contributed by atoms with Crippen LogP contribution in [0.2, 0.25) is 0 Å². The number of hydrogen-bond acceptors (Lipinski definition) is 6. The molecule has 8 rings (SSSR count). The zero-order valence-electron chi connectivity index (χ0n) is 21.4. The molecule has 0 aliphatic heterocycles. The lowest BCUT2D eigenvalue weighted by Gasteiger charge is -2.34. The van der Waals surface area contributed by atoms with E-state index in [2.05, 4.69) is 12.1 Å². The molecular weight excluding hydrogens is 537 g/mol. The van der Waals surface area contributed by atoms with Gasteiger partial charge in [0.05, 0.1) is 0 Å². The summed E-state index contributed by atoms with van der Waals surface area (Å²) in [7, 11) is 0. The fraction of sp³-hybridized carbons (Fsp3) is 0.176. The molecule has 2 aromatic carbocycles. The Morgan fingerprint density at radius 3 is 1.43 bits per heavy atom. The topological polar surface area (TPSA) is 68.3 Å². The molecule has 1 spiro atoms. The number of rotatable bonds is 2. The maximum Gasteiger partial charge on any atom is 0.234 e. The standard InChI is InChI=1S/C34H22O4S2/c35-28-22-10-4-2-8-20(22)24(30(28)37)14-18-16-26-32(39-18)33-27(34(26)12-6-1-7-13-34)17-19(40-33)15-25-21-9-3-5-11-23(21)29(36)31(25)38/h2-5,8-11,14-17H,1,6-7,12-13H2/b24-14-,25-15-. The van der Waals surface area contributed by atoms with Crippen LogP contribution in [0.5, 0.6) is 0 Å². The van der Waals surface area contributed by atoms with E-state index in [0.717, 1.165) is 35.4 Å². The highest BCUT2D eigenvalue weighted by atomic mass is 32.1. The first kappa shape index (κ1) is 23.9. The summed E-state index contributed by atoms with van der Waals surface area (Å²) in [5, 5.41) is 0. The number of fused-ring (bicyclic) bond motifs is 7. The Morgan fingerprint density at radius 1 is 0.550 bits per heavy atom. The second kappa shape index (κ2) is 8.50. The molecule has 6 heteroatoms. The van der Waals surface area contributed by atoms with Crippen LogP contribution < -0.4 is 0 Å². The maximum atomic E-state index is 12.9. The van der Waals surface area contributed by atoms with Gasteiger partial charge < -0.3 is 0 Å². The highest BCUT2D eigenvalue weighted by Crippen LogP contribution is 2.61. The minimum Gasteiger partial charge on any atom is -0.285 e. The van der Waals surface area contributed by atoms with E-state index in [4.69, 9.17) is 0 Å². The number of carbonyl (C=O) groups is 4. The van der Waals surface area contributed by atoms with Crippen LogP contribution in [0.1, 0.15) is 84.8 Å². The lowest BCUT2D eigenvalue weighted by Crippen LogP contribution is -2.27. The summed E-state index contributed by atoms with van der Waals surface area (Å²) in [6.45, 7) is 0. The van der Waals surface area contributed by atoms with Crippen LogP contribution in [0.25, 0.3) is 33.1 Å². The predicted octanol–water partition coefficient (Wildman–Crippen LogP) is 7.65. The van der Waals surface area contributed by atoms with E-state index in [-0.39, 0.29) is 5.41 Å². The van der Waals surface area contributed by atoms with Crippen LogP contribution in [0.4, 0.5) is 0 Å². The van der Waals surface area contributed by atoms with Crippen LogP contribution >= 0.6 is 22.7 Å². The summed E-state index contributed by atoms with van der Waals surface area (Å²) in [6, 6.07) is 18.9. The van der Waals surface area contributed by atoms with E-state index >= 15 is 0 Å². The lowest BCUT2D eigenvalue weighted by atomic mass is 9.68. The van der Waals surface area contributed by atoms with Crippen LogP contribution in [-0.2, 0) is 15.0 Å². The summed E-state index contributed by atoms with van der Waals surface area (Å²) in [4.78, 5) is 55.3. The number of thiophene rings is 2. The fourth-order valence-electron chi connectivity index (χ4n) is 6.99. The predicted molar refractivity (Wildman–Crippen MR) is 159 cm³/mol. The molecule has 0 atom stereocenters. The number of allylic oxidation sites excluding steroid dienone is 2. The highest BCUT2D eigenvalue weighted by molar-refractivity contribution is 7.23. The fourth-order valence-corrected chi connectivity index (χ4v) is 9.55. The van der Waals surface area contributed by atoms with Crippen molar-refractivity contribution < 1.29 is 19.2 Å². The third-order valence-electron chi connectivity index (χ3n) is 8.85. The summed E-state index contributed by atoms with van der Waals surface area (Å²) >= 11 is 3.34. The third kappa shape index (κ3) is 3.17. The molecule has 0 amide bonds. The SMILES string of the molecule is O=C1C(=O)c2ccccc2/C1=C/c1cc2c(s1)-c1sc(/C=C3\C(=O)C(=O)c4ccccc43)cc1C21CCCCC1. The molecule has 2 aromatic heterocycles. The van der Waals surface area contributed by atoms with Crippen LogP contribution in [0, 0.1) is 0 Å². The average Bonchev–Trinajstić information content (AvgIpc) is 3.75. The van der Waals surface area contributed by atoms with Gasteiger partial charge in [-0.25, -0.2) is 0 Å². The Kier molecular flexibility index (Phi) is 5.07. The van der Waals surface area contributed by atoms with Gasteiger partial charge in [0.25, 0.3) is 0 Å². The van der Waals surface area contributed by atoms with E-state index in [1.807, 2.05) is 36.4 Å². The summed E-state index contributed by atoms with van der Waals surface area (Å²) in [6.07, 6.45) is 9.43. The van der Waals surface area contributed by atoms with Crippen molar-refractivity contribution in [2.75, 3.05) is 0 Å². The van der Waals surface area contributed by atoms with E-state index in [9.17, 15) is 19.2 Å². The van der Waals surface area contributed by atoms with Crippen LogP contribution in [0.15, 0.2) is 60.7 Å². The third-order valence-corrected chi connectivity index (χ3v) is 11.2. The van der Waals surface area contributed by atoms with Crippen molar-refractivity contribution in [2.24, 2.45) is 0 Å². The Labute approximate surface area is 238 Å². The molecule has 1 saturated carbocycles. The Balaban J connectivity index is 1.26. The highest BCUT2D eigenvalue weighted by Gasteiger charge is 2.46. The van der Waals surface area contributed by atoms with Gasteiger partial charge in [0.2, 0.25) is 23.1 Å². The second-order valence-corrected chi connectivity index (χ2v) is 13.1. The van der Waals surface area contributed by atoms with Gasteiger partial charge in [-0.15, -0.1) is 22.7 Å². The Hall–Kier alpha value is -4.00. The van der Waals surface area contributed by atoms with Gasteiger partial charge in [-0.05, 0) is 59.4 Å². The van der Waals surface area contributed by atoms with E-state index < -0.39 is 23.1 Å². The molecule has 0 radical (unpaired) electrons. The van der Waals surface area contributed by atoms with Crippen molar-refractivity contribution in [3.05, 3.63) is 104 Å². The number of benzene rings is 2. The van der Waals surface area contributed by atoms with Gasteiger partial charge in [-0.3, -0.25) is 19.2 Å². The molecule has 4 aliphatic carbocycles. The molecule has 0 saturated heterocycles. The average molecular weight is 559 g/mol. The quantitative estimate of drug-likeness (QED) is 0.187. The van der Waals surface area contributed by atoms with Crippen molar-refractivity contribution in [1.29, 1.82) is 0 Å². The normalized spacial score (nSPS) is 20.5. The monoisotopic (exact) mass is 558 g/mol. The van der Waals surface area contributed by atoms with Crippen molar-refractivity contribution >= 4 is 69.1 Å². The van der Waals surface area contributed by atoms with Crippen molar-refractivity contribution in [3.63, 3.8) is 0 Å². The maximum absolute atomic E-state index is 12.9. The summed E-state index contributed by atoms with van der Waals surface area (Å²) in [5.74, 6) is -1.75. The minimum absolute atomic E-state index is 0.0791. The Morgan fingerprint density at radius 2 is 0.975 bits per heavy atom. The molecular formula is C34H22O4S2. The van der Waals surface area contributed by atoms with Crippen molar-refractivity contribution in [3.8, 4) is 9.75 Å². The number of hydrogen-bond donors (Lipinski definition) is 0. The van der Waals surface area contributed by atoms with Crippen molar-refractivity contribution in [2.45, 2.75) is 37.5 Å². The first-order valence-electron chi connectivity index (χ1n) is 13.6. The second-order valence-electron chi connectivity index (χ2n) is 10.9. The van der Waals surface area contributed by atoms with E-state index in [0.29, 0.717) is 33.4 Å². The molecule has 1 fully saturated rings. The smallest absolute Gasteiger partial charge is 0.234 e. The molecule has 0 bridgehead atoms. The van der Waals surface area contributed by atoms with Gasteiger partial charge >= 0.3 is 0 Å². The van der Waals surface area contributed by atoms with Gasteiger partial charge in [0, 0.05) is 47.2 Å². The number of ketones is 4. The zero-order valence-corrected chi connectivity index (χ0v) is 23.0. The molecule has 4 aliphatic rings. The summed E-state index contributed by atoms with van der Waals surface area (Å²) in [5.41, 5.74) is 5.89. The first-order valence-corrected chi connectivity index (χ1v) is 15.2. The first-order chi connectivity index (χ1) is 19.5. The number of carbonyl (C=O) groups excluding carboxylic acids is 4. The van der Waals surface area contributed by atoms with E-state index in [1.54, 1.807) is 46.9 Å². The molecule has 194 valence electrons. The molecule has 4 aromatic rings. The lowest BCUT2D eigenvalue weighted by molar-refractivity contribution is -0.110. The molecule has 40 heavy (non-hydrogen) atoms. The molecule has 4 nitrogen and oxygen atoms in total. The van der Waals surface area contributed by atoms with Gasteiger partial charge in [0.1, 0.15) is 0 Å². The van der Waals surface area contributed by atoms with Gasteiger partial charge in [-0.1, -0.05) is 67.8 Å². The van der Waals surface area contributed by atoms with E-state index in [1.165, 1.54) is 27.3 Å². The zero-order chi connectivity index (χ0) is 27.2. The van der Waals surface area contributed by atoms with Gasteiger partial charge in [-0.2, -0.15) is 0 Å².